The van der Waals surface area contributed by atoms with Crippen molar-refractivity contribution in [3.63, 3.8) is 0 Å². The van der Waals surface area contributed by atoms with Gasteiger partial charge in [0.15, 0.2) is 0 Å². The third kappa shape index (κ3) is 3.40. The summed E-state index contributed by atoms with van der Waals surface area (Å²) in [6.07, 6.45) is 0. The smallest absolute Gasteiger partial charge is 0.349 e. The van der Waals surface area contributed by atoms with E-state index in [1.165, 1.54) is 0 Å². The second-order valence-corrected chi connectivity index (χ2v) is 7.47. The molecule has 1 amide bonds. The number of amides is 1. The van der Waals surface area contributed by atoms with Gasteiger partial charge in [0.2, 0.25) is 0 Å². The number of aryl methyl sites for hydroxylation is 1. The molecule has 0 N–H and O–H groups in total. The summed E-state index contributed by atoms with van der Waals surface area (Å²) in [6, 6.07) is 8.85. The van der Waals surface area contributed by atoms with Gasteiger partial charge < -0.3 is 9.32 Å². The highest BCUT2D eigenvalue weighted by atomic mass is 32.1. The molecule has 0 saturated carbocycles. The highest BCUT2D eigenvalue weighted by molar-refractivity contribution is 7.09. The van der Waals surface area contributed by atoms with E-state index in [1.807, 2.05) is 19.1 Å². The lowest BCUT2D eigenvalue weighted by Crippen LogP contribution is -2.49. The first kappa shape index (κ1) is 16.9. The van der Waals surface area contributed by atoms with E-state index in [0.29, 0.717) is 18.7 Å². The Balaban J connectivity index is 1.45. The van der Waals surface area contributed by atoms with Crippen LogP contribution in [-0.4, -0.2) is 46.9 Å². The maximum absolute atomic E-state index is 12.8. The van der Waals surface area contributed by atoms with Crippen LogP contribution in [0.3, 0.4) is 0 Å². The zero-order valence-electron chi connectivity index (χ0n) is 14.5. The van der Waals surface area contributed by atoms with Gasteiger partial charge in [-0.25, -0.2) is 9.78 Å². The van der Waals surface area contributed by atoms with Crippen LogP contribution < -0.4 is 5.63 Å². The average Bonchev–Trinajstić information content (AvgIpc) is 3.06. The molecule has 0 bridgehead atoms. The number of nitrogens with zero attached hydrogens (tertiary/aromatic N) is 3. The largest absolute Gasteiger partial charge is 0.422 e. The van der Waals surface area contributed by atoms with Gasteiger partial charge in [-0.05, 0) is 19.1 Å². The number of rotatable bonds is 3. The number of carbonyl (C=O) groups is 1. The molecule has 6 nitrogen and oxygen atoms in total. The first-order chi connectivity index (χ1) is 12.6. The lowest BCUT2D eigenvalue weighted by Gasteiger charge is -2.34. The summed E-state index contributed by atoms with van der Waals surface area (Å²) in [5.41, 5.74) is 1.10. The molecule has 4 rings (SSSR count). The molecule has 134 valence electrons. The zero-order valence-corrected chi connectivity index (χ0v) is 15.3. The maximum Gasteiger partial charge on any atom is 0.349 e. The van der Waals surface area contributed by atoms with Crippen molar-refractivity contribution < 1.29 is 9.21 Å². The van der Waals surface area contributed by atoms with E-state index < -0.39 is 5.63 Å². The molecule has 26 heavy (non-hydrogen) atoms. The lowest BCUT2D eigenvalue weighted by atomic mass is 10.1. The molecule has 2 aromatic heterocycles. The van der Waals surface area contributed by atoms with Crippen LogP contribution in [0.25, 0.3) is 11.0 Å². The predicted molar refractivity (Wildman–Crippen MR) is 101 cm³/mol. The summed E-state index contributed by atoms with van der Waals surface area (Å²) in [5.74, 6) is -0.256. The minimum Gasteiger partial charge on any atom is -0.422 e. The minimum atomic E-state index is -0.575. The Labute approximate surface area is 154 Å². The van der Waals surface area contributed by atoms with Gasteiger partial charge in [0.1, 0.15) is 11.1 Å². The highest BCUT2D eigenvalue weighted by Gasteiger charge is 2.25. The molecule has 3 heterocycles. The van der Waals surface area contributed by atoms with E-state index in [2.05, 4.69) is 15.3 Å². The molecule has 1 fully saturated rings. The third-order valence-electron chi connectivity index (χ3n) is 4.58. The number of carbonyl (C=O) groups excluding carboxylic acids is 1. The van der Waals surface area contributed by atoms with Crippen molar-refractivity contribution in [2.75, 3.05) is 26.2 Å². The van der Waals surface area contributed by atoms with Gasteiger partial charge in [-0.15, -0.1) is 11.3 Å². The number of para-hydroxylation sites is 1. The van der Waals surface area contributed by atoms with Crippen LogP contribution in [0, 0.1) is 6.92 Å². The van der Waals surface area contributed by atoms with Gasteiger partial charge in [-0.3, -0.25) is 9.69 Å². The molecule has 7 heteroatoms. The minimum absolute atomic E-state index is 0.104. The Hall–Kier alpha value is -2.51. The zero-order chi connectivity index (χ0) is 18.1. The fourth-order valence-corrected chi connectivity index (χ4v) is 3.80. The van der Waals surface area contributed by atoms with Crippen molar-refractivity contribution in [1.82, 2.24) is 14.8 Å². The predicted octanol–water partition coefficient (Wildman–Crippen LogP) is 2.52. The van der Waals surface area contributed by atoms with Crippen molar-refractivity contribution >= 4 is 28.2 Å². The van der Waals surface area contributed by atoms with Crippen LogP contribution in [0.1, 0.15) is 21.1 Å². The van der Waals surface area contributed by atoms with E-state index in [9.17, 15) is 9.59 Å². The lowest BCUT2D eigenvalue weighted by molar-refractivity contribution is 0.0623. The second kappa shape index (κ2) is 7.01. The average molecular weight is 369 g/mol. The number of fused-ring (bicyclic) bond motifs is 1. The normalized spacial score (nSPS) is 15.5. The quantitative estimate of drug-likeness (QED) is 0.664. The second-order valence-electron chi connectivity index (χ2n) is 6.41. The molecule has 1 saturated heterocycles. The van der Waals surface area contributed by atoms with Crippen LogP contribution in [0.15, 0.2) is 44.9 Å². The van der Waals surface area contributed by atoms with E-state index in [0.717, 1.165) is 35.7 Å². The molecular weight excluding hydrogens is 350 g/mol. The summed E-state index contributed by atoms with van der Waals surface area (Å²) >= 11 is 1.65. The van der Waals surface area contributed by atoms with Gasteiger partial charge >= 0.3 is 5.63 Å². The summed E-state index contributed by atoms with van der Waals surface area (Å²) in [7, 11) is 0. The number of hydrogen-bond acceptors (Lipinski definition) is 6. The van der Waals surface area contributed by atoms with Crippen molar-refractivity contribution in [2.24, 2.45) is 0 Å². The molecule has 0 unspecified atom stereocenters. The molecule has 1 aliphatic heterocycles. The van der Waals surface area contributed by atoms with Gasteiger partial charge in [0.05, 0.1) is 10.7 Å². The van der Waals surface area contributed by atoms with E-state index >= 15 is 0 Å². The Bertz CT molecular complexity index is 1000. The van der Waals surface area contributed by atoms with Crippen molar-refractivity contribution in [3.05, 3.63) is 62.4 Å². The molecule has 3 aromatic rings. The summed E-state index contributed by atoms with van der Waals surface area (Å²) < 4.78 is 5.29. The maximum atomic E-state index is 12.8. The van der Waals surface area contributed by atoms with Gasteiger partial charge in [-0.1, -0.05) is 18.2 Å². The summed E-state index contributed by atoms with van der Waals surface area (Å²) in [5, 5.41) is 3.90. The fraction of sp³-hybridized carbons (Fsp3) is 0.316. The van der Waals surface area contributed by atoms with Crippen LogP contribution in [0.4, 0.5) is 0 Å². The third-order valence-corrected chi connectivity index (χ3v) is 5.41. The van der Waals surface area contributed by atoms with Gasteiger partial charge in [0, 0.05) is 43.5 Å². The van der Waals surface area contributed by atoms with Crippen molar-refractivity contribution in [3.8, 4) is 0 Å². The number of thiazole rings is 1. The van der Waals surface area contributed by atoms with Gasteiger partial charge in [0.25, 0.3) is 5.91 Å². The van der Waals surface area contributed by atoms with E-state index in [-0.39, 0.29) is 11.5 Å². The SMILES string of the molecule is Cc1nc(CN2CCN(C(=O)c3cc4ccccc4oc3=O)CC2)cs1. The van der Waals surface area contributed by atoms with E-state index in [4.69, 9.17) is 4.42 Å². The molecule has 0 radical (unpaired) electrons. The number of benzene rings is 1. The number of piperazine rings is 1. The topological polar surface area (TPSA) is 66.7 Å². The van der Waals surface area contributed by atoms with E-state index in [1.54, 1.807) is 34.4 Å². The van der Waals surface area contributed by atoms with Gasteiger partial charge in [-0.2, -0.15) is 0 Å². The van der Waals surface area contributed by atoms with Crippen LogP contribution in [0.2, 0.25) is 0 Å². The Morgan fingerprint density at radius 3 is 2.73 bits per heavy atom. The Morgan fingerprint density at radius 1 is 1.23 bits per heavy atom. The summed E-state index contributed by atoms with van der Waals surface area (Å²) in [4.78, 5) is 33.5. The summed E-state index contributed by atoms with van der Waals surface area (Å²) in [6.45, 7) is 5.51. The van der Waals surface area contributed by atoms with Crippen LogP contribution in [0.5, 0.6) is 0 Å². The van der Waals surface area contributed by atoms with Crippen LogP contribution in [-0.2, 0) is 6.54 Å². The highest BCUT2D eigenvalue weighted by Crippen LogP contribution is 2.16. The van der Waals surface area contributed by atoms with Crippen molar-refractivity contribution in [1.29, 1.82) is 0 Å². The number of hydrogen-bond donors (Lipinski definition) is 0. The first-order valence-corrected chi connectivity index (χ1v) is 9.43. The number of aromatic nitrogens is 1. The molecule has 0 atom stereocenters. The monoisotopic (exact) mass is 369 g/mol. The molecular formula is C19H19N3O3S. The Kier molecular flexibility index (Phi) is 4.57. The molecule has 0 spiro atoms. The fourth-order valence-electron chi connectivity index (χ4n) is 3.20. The molecule has 1 aliphatic rings. The van der Waals surface area contributed by atoms with Crippen LogP contribution >= 0.6 is 11.3 Å². The molecule has 1 aromatic carbocycles. The molecule has 0 aliphatic carbocycles. The standard InChI is InChI=1S/C19H19N3O3S/c1-13-20-15(12-26-13)11-21-6-8-22(9-7-21)18(23)16-10-14-4-2-3-5-17(14)25-19(16)24/h2-5,10,12H,6-9,11H2,1H3. The first-order valence-electron chi connectivity index (χ1n) is 8.56. The Morgan fingerprint density at radius 2 is 2.00 bits per heavy atom. The van der Waals surface area contributed by atoms with Crippen molar-refractivity contribution in [2.45, 2.75) is 13.5 Å².